The van der Waals surface area contributed by atoms with Gasteiger partial charge in [-0.05, 0) is 36.8 Å². The van der Waals surface area contributed by atoms with Crippen molar-refractivity contribution < 1.29 is 0 Å². The lowest BCUT2D eigenvalue weighted by Gasteiger charge is -2.05. The Morgan fingerprint density at radius 1 is 1.35 bits per heavy atom. The maximum atomic E-state index is 5.64. The van der Waals surface area contributed by atoms with E-state index in [0.29, 0.717) is 6.54 Å². The molecule has 86 valence electrons. The van der Waals surface area contributed by atoms with Crippen molar-refractivity contribution in [3.8, 4) is 0 Å². The summed E-state index contributed by atoms with van der Waals surface area (Å²) in [6.45, 7) is 2.57. The Morgan fingerprint density at radius 3 is 2.94 bits per heavy atom. The zero-order valence-electron chi connectivity index (χ0n) is 9.44. The van der Waals surface area contributed by atoms with Gasteiger partial charge < -0.3 is 5.73 Å². The largest absolute Gasteiger partial charge is 0.325 e. The summed E-state index contributed by atoms with van der Waals surface area (Å²) in [5.74, 6) is 0. The summed E-state index contributed by atoms with van der Waals surface area (Å²) in [7, 11) is 0. The normalized spacial score (nSPS) is 11.5. The monoisotopic (exact) mass is 289 g/mol. The van der Waals surface area contributed by atoms with E-state index in [1.165, 1.54) is 10.9 Å². The molecule has 0 aliphatic rings. The maximum Gasteiger partial charge on any atom is 0.137 e. The van der Waals surface area contributed by atoms with Gasteiger partial charge >= 0.3 is 0 Å². The fourth-order valence-corrected chi connectivity index (χ4v) is 2.50. The van der Waals surface area contributed by atoms with Crippen LogP contribution in [0.4, 0.5) is 0 Å². The molecule has 1 aromatic carbocycles. The minimum atomic E-state index is 0.471. The quantitative estimate of drug-likeness (QED) is 0.748. The van der Waals surface area contributed by atoms with E-state index < -0.39 is 0 Å². The van der Waals surface area contributed by atoms with Crippen LogP contribution < -0.4 is 5.73 Å². The molecule has 0 spiro atoms. The van der Waals surface area contributed by atoms with Gasteiger partial charge in [-0.15, -0.1) is 0 Å². The van der Waals surface area contributed by atoms with Gasteiger partial charge in [-0.25, -0.2) is 4.98 Å². The molecule has 0 bridgehead atoms. The number of nitrogens with two attached hydrogens (primary N) is 1. The Morgan fingerprint density at radius 2 is 2.18 bits per heavy atom. The number of hydrogen-bond acceptors (Lipinski definition) is 2. The molecular weight excluding hydrogens is 278 g/mol. The molecule has 0 saturated carbocycles. The second-order valence-electron chi connectivity index (χ2n) is 4.15. The SMILES string of the molecule is Cc1cc2nc(CN)cn2c2ccc(Br)cc12. The van der Waals surface area contributed by atoms with Crippen LogP contribution in [0, 0.1) is 6.92 Å². The van der Waals surface area contributed by atoms with Gasteiger partial charge in [0.15, 0.2) is 0 Å². The molecule has 0 radical (unpaired) electrons. The number of aromatic nitrogens is 2. The van der Waals surface area contributed by atoms with Crippen LogP contribution in [0.15, 0.2) is 34.9 Å². The number of fused-ring (bicyclic) bond motifs is 3. The number of pyridine rings is 1. The molecule has 2 N–H and O–H groups in total. The first-order valence-electron chi connectivity index (χ1n) is 5.46. The summed E-state index contributed by atoms with van der Waals surface area (Å²) in [5, 5.41) is 1.23. The van der Waals surface area contributed by atoms with Gasteiger partial charge in [0, 0.05) is 22.6 Å². The molecule has 0 aliphatic heterocycles. The predicted octanol–water partition coefficient (Wildman–Crippen LogP) is 3.02. The van der Waals surface area contributed by atoms with Crippen LogP contribution in [0.1, 0.15) is 11.3 Å². The van der Waals surface area contributed by atoms with Crippen LogP contribution >= 0.6 is 15.9 Å². The molecule has 0 aliphatic carbocycles. The average molecular weight is 290 g/mol. The Labute approximate surface area is 107 Å². The van der Waals surface area contributed by atoms with Crippen LogP contribution in [0.2, 0.25) is 0 Å². The van der Waals surface area contributed by atoms with E-state index >= 15 is 0 Å². The summed E-state index contributed by atoms with van der Waals surface area (Å²) in [6, 6.07) is 8.37. The number of hydrogen-bond donors (Lipinski definition) is 1. The van der Waals surface area contributed by atoms with Crippen LogP contribution in [-0.2, 0) is 6.54 Å². The zero-order chi connectivity index (χ0) is 12.0. The summed E-state index contributed by atoms with van der Waals surface area (Å²) in [4.78, 5) is 4.49. The summed E-state index contributed by atoms with van der Waals surface area (Å²) >= 11 is 3.50. The molecule has 0 atom stereocenters. The van der Waals surface area contributed by atoms with Gasteiger partial charge in [-0.1, -0.05) is 15.9 Å². The summed E-state index contributed by atoms with van der Waals surface area (Å²) in [6.07, 6.45) is 2.00. The third-order valence-electron chi connectivity index (χ3n) is 2.98. The number of nitrogens with zero attached hydrogens (tertiary/aromatic N) is 2. The second kappa shape index (κ2) is 3.82. The van der Waals surface area contributed by atoms with Crippen molar-refractivity contribution >= 4 is 32.5 Å². The van der Waals surface area contributed by atoms with E-state index in [1.807, 2.05) is 12.3 Å². The van der Waals surface area contributed by atoms with Crippen LogP contribution in [-0.4, -0.2) is 9.38 Å². The number of benzene rings is 1. The van der Waals surface area contributed by atoms with Crippen molar-refractivity contribution in [2.75, 3.05) is 0 Å². The number of halogens is 1. The zero-order valence-corrected chi connectivity index (χ0v) is 11.0. The molecule has 2 aromatic heterocycles. The lowest BCUT2D eigenvalue weighted by Crippen LogP contribution is -1.95. The van der Waals surface area contributed by atoms with E-state index in [9.17, 15) is 0 Å². The highest BCUT2D eigenvalue weighted by atomic mass is 79.9. The molecule has 0 fully saturated rings. The highest BCUT2D eigenvalue weighted by molar-refractivity contribution is 9.10. The lowest BCUT2D eigenvalue weighted by atomic mass is 10.1. The Kier molecular flexibility index (Phi) is 2.42. The standard InChI is InChI=1S/C13H12BrN3/c1-8-4-13-16-10(6-15)7-17(13)12-3-2-9(14)5-11(8)12/h2-5,7H,6,15H2,1H3. The van der Waals surface area contributed by atoms with E-state index in [0.717, 1.165) is 21.3 Å². The third kappa shape index (κ3) is 1.64. The minimum absolute atomic E-state index is 0.471. The molecule has 17 heavy (non-hydrogen) atoms. The highest BCUT2D eigenvalue weighted by Crippen LogP contribution is 2.24. The van der Waals surface area contributed by atoms with Gasteiger partial charge in [0.05, 0.1) is 11.2 Å². The molecule has 2 heterocycles. The second-order valence-corrected chi connectivity index (χ2v) is 5.07. The smallest absolute Gasteiger partial charge is 0.137 e. The number of rotatable bonds is 1. The van der Waals surface area contributed by atoms with Gasteiger partial charge in [0.25, 0.3) is 0 Å². The van der Waals surface area contributed by atoms with Crippen molar-refractivity contribution in [3.05, 3.63) is 46.2 Å². The molecular formula is C13H12BrN3. The van der Waals surface area contributed by atoms with Gasteiger partial charge in [-0.2, -0.15) is 0 Å². The number of imidazole rings is 1. The number of aryl methyl sites for hydroxylation is 1. The van der Waals surface area contributed by atoms with Gasteiger partial charge in [0.2, 0.25) is 0 Å². The first kappa shape index (κ1) is 10.7. The Hall–Kier alpha value is -1.39. The van der Waals surface area contributed by atoms with Crippen LogP contribution in [0.25, 0.3) is 16.6 Å². The predicted molar refractivity (Wildman–Crippen MR) is 73.0 cm³/mol. The van der Waals surface area contributed by atoms with Crippen molar-refractivity contribution in [1.82, 2.24) is 9.38 Å². The first-order chi connectivity index (χ1) is 8.19. The van der Waals surface area contributed by atoms with E-state index in [-0.39, 0.29) is 0 Å². The fraction of sp³-hybridized carbons (Fsp3) is 0.154. The molecule has 3 nitrogen and oxygen atoms in total. The van der Waals surface area contributed by atoms with Crippen molar-refractivity contribution in [3.63, 3.8) is 0 Å². The van der Waals surface area contributed by atoms with Gasteiger partial charge in [-0.3, -0.25) is 4.40 Å². The Balaban J connectivity index is 2.49. The highest BCUT2D eigenvalue weighted by Gasteiger charge is 2.07. The summed E-state index contributed by atoms with van der Waals surface area (Å²) < 4.78 is 3.18. The molecule has 3 aromatic rings. The van der Waals surface area contributed by atoms with E-state index in [4.69, 9.17) is 5.73 Å². The van der Waals surface area contributed by atoms with Crippen LogP contribution in [0.5, 0.6) is 0 Å². The average Bonchev–Trinajstić information content (AvgIpc) is 2.72. The minimum Gasteiger partial charge on any atom is -0.325 e. The Bertz CT molecular complexity index is 715. The molecule has 0 unspecified atom stereocenters. The lowest BCUT2D eigenvalue weighted by molar-refractivity contribution is 1.02. The molecule has 0 amide bonds. The van der Waals surface area contributed by atoms with Gasteiger partial charge in [0.1, 0.15) is 5.65 Å². The van der Waals surface area contributed by atoms with E-state index in [1.54, 1.807) is 0 Å². The molecule has 3 rings (SSSR count). The van der Waals surface area contributed by atoms with E-state index in [2.05, 4.69) is 50.4 Å². The topological polar surface area (TPSA) is 43.3 Å². The van der Waals surface area contributed by atoms with Crippen molar-refractivity contribution in [2.24, 2.45) is 5.73 Å². The van der Waals surface area contributed by atoms with Crippen molar-refractivity contribution in [2.45, 2.75) is 13.5 Å². The van der Waals surface area contributed by atoms with Crippen molar-refractivity contribution in [1.29, 1.82) is 0 Å². The summed E-state index contributed by atoms with van der Waals surface area (Å²) in [5.41, 5.74) is 9.90. The molecule has 0 saturated heterocycles. The van der Waals surface area contributed by atoms with Crippen LogP contribution in [0.3, 0.4) is 0 Å². The molecule has 4 heteroatoms. The maximum absolute atomic E-state index is 5.64. The first-order valence-corrected chi connectivity index (χ1v) is 6.25. The fourth-order valence-electron chi connectivity index (χ4n) is 2.14. The third-order valence-corrected chi connectivity index (χ3v) is 3.47.